The molecule has 1 unspecified atom stereocenters. The Labute approximate surface area is 209 Å². The van der Waals surface area contributed by atoms with E-state index in [0.717, 1.165) is 21.4 Å². The summed E-state index contributed by atoms with van der Waals surface area (Å²) < 4.78 is 51.0. The second-order valence-corrected chi connectivity index (χ2v) is 9.04. The van der Waals surface area contributed by atoms with Gasteiger partial charge >= 0.3 is 5.69 Å². The molecule has 188 valence electrons. The largest absolute Gasteiger partial charge is 0.454 e. The number of pyridine rings is 1. The number of hydrogen-bond acceptors (Lipinski definition) is 6. The Hall–Kier alpha value is -4.59. The van der Waals surface area contributed by atoms with Crippen LogP contribution < -0.4 is 15.3 Å². The lowest BCUT2D eigenvalue weighted by molar-refractivity contribution is 0.439. The Kier molecular flexibility index (Phi) is 6.17. The van der Waals surface area contributed by atoms with Crippen molar-refractivity contribution in [2.45, 2.75) is 19.9 Å². The van der Waals surface area contributed by atoms with Crippen LogP contribution in [0.5, 0.6) is 11.5 Å². The summed E-state index contributed by atoms with van der Waals surface area (Å²) >= 11 is 0. The standard InChI is InChI=1S/C26H21F3N6O2/c1-26(14-30)10-12-33(15-26)24-23(29)22(9-11-31-24)37-18-7-5-17(6-8-18)35-25(36)34(16-32-35)13-19-20(27)3-2-4-21(19)28/h2-9,11,16H,10,12-13,15H2,1H3. The number of nitrogens with zero attached hydrogens (tertiary/aromatic N) is 6. The van der Waals surface area contributed by atoms with Crippen molar-refractivity contribution in [3.05, 3.63) is 94.6 Å². The van der Waals surface area contributed by atoms with Gasteiger partial charge in [0.15, 0.2) is 11.6 Å². The molecule has 0 saturated carbocycles. The summed E-state index contributed by atoms with van der Waals surface area (Å²) in [5.74, 6) is -1.74. The van der Waals surface area contributed by atoms with E-state index in [2.05, 4.69) is 16.2 Å². The van der Waals surface area contributed by atoms with Crippen LogP contribution in [0.15, 0.2) is 65.8 Å². The van der Waals surface area contributed by atoms with Crippen molar-refractivity contribution in [3.8, 4) is 23.3 Å². The minimum Gasteiger partial charge on any atom is -0.454 e. The van der Waals surface area contributed by atoms with Crippen LogP contribution in [0.25, 0.3) is 5.69 Å². The molecule has 1 fully saturated rings. The quantitative estimate of drug-likeness (QED) is 0.385. The van der Waals surface area contributed by atoms with Gasteiger partial charge in [-0.2, -0.15) is 19.4 Å². The topological polar surface area (TPSA) is 89.0 Å². The van der Waals surface area contributed by atoms with E-state index in [1.807, 2.05) is 6.92 Å². The molecule has 1 atom stereocenters. The highest BCUT2D eigenvalue weighted by molar-refractivity contribution is 5.49. The monoisotopic (exact) mass is 506 g/mol. The van der Waals surface area contributed by atoms with Crippen LogP contribution in [0.3, 0.4) is 0 Å². The van der Waals surface area contributed by atoms with E-state index in [1.165, 1.54) is 24.7 Å². The van der Waals surface area contributed by atoms with E-state index >= 15 is 4.39 Å². The number of anilines is 1. The Balaban J connectivity index is 1.33. The number of halogens is 3. The van der Waals surface area contributed by atoms with Crippen molar-refractivity contribution in [2.24, 2.45) is 5.41 Å². The van der Waals surface area contributed by atoms with Gasteiger partial charge in [-0.1, -0.05) is 6.07 Å². The highest BCUT2D eigenvalue weighted by atomic mass is 19.1. The molecular weight excluding hydrogens is 485 g/mol. The molecule has 5 rings (SSSR count). The molecule has 0 amide bonds. The zero-order valence-electron chi connectivity index (χ0n) is 19.7. The average Bonchev–Trinajstić information content (AvgIpc) is 3.46. The Morgan fingerprint density at radius 2 is 1.84 bits per heavy atom. The van der Waals surface area contributed by atoms with Crippen molar-refractivity contribution >= 4 is 5.82 Å². The molecular formula is C26H21F3N6O2. The van der Waals surface area contributed by atoms with Crippen LogP contribution in [0.2, 0.25) is 0 Å². The maximum atomic E-state index is 15.2. The number of rotatable bonds is 6. The van der Waals surface area contributed by atoms with Gasteiger partial charge in [0, 0.05) is 30.9 Å². The number of ether oxygens (including phenoxy) is 1. The molecule has 1 aliphatic heterocycles. The normalized spacial score (nSPS) is 17.1. The predicted octanol–water partition coefficient (Wildman–Crippen LogP) is 4.43. The molecule has 3 heterocycles. The lowest BCUT2D eigenvalue weighted by Gasteiger charge is -2.20. The van der Waals surface area contributed by atoms with Gasteiger partial charge in [-0.3, -0.25) is 4.57 Å². The molecule has 0 spiro atoms. The molecule has 1 aliphatic rings. The molecule has 2 aromatic heterocycles. The number of hydrogen-bond donors (Lipinski definition) is 0. The molecule has 2 aromatic carbocycles. The first-order chi connectivity index (χ1) is 17.8. The van der Waals surface area contributed by atoms with Crippen LogP contribution in [-0.4, -0.2) is 32.4 Å². The summed E-state index contributed by atoms with van der Waals surface area (Å²) in [5.41, 5.74) is -1.00. The number of aromatic nitrogens is 4. The van der Waals surface area contributed by atoms with Crippen molar-refractivity contribution < 1.29 is 17.9 Å². The van der Waals surface area contributed by atoms with Crippen LogP contribution in [-0.2, 0) is 6.54 Å². The molecule has 1 saturated heterocycles. The van der Waals surface area contributed by atoms with Gasteiger partial charge in [-0.05, 0) is 49.7 Å². The lowest BCUT2D eigenvalue weighted by Crippen LogP contribution is -2.25. The molecule has 11 heteroatoms. The average molecular weight is 506 g/mol. The molecule has 0 aliphatic carbocycles. The summed E-state index contributed by atoms with van der Waals surface area (Å²) in [5, 5.41) is 13.4. The molecule has 37 heavy (non-hydrogen) atoms. The first-order valence-electron chi connectivity index (χ1n) is 11.4. The first kappa shape index (κ1) is 24.1. The zero-order chi connectivity index (χ0) is 26.2. The van der Waals surface area contributed by atoms with Gasteiger partial charge in [-0.15, -0.1) is 0 Å². The van der Waals surface area contributed by atoms with Crippen LogP contribution >= 0.6 is 0 Å². The van der Waals surface area contributed by atoms with Gasteiger partial charge < -0.3 is 9.64 Å². The SMILES string of the molecule is CC1(C#N)CCN(c2nccc(Oc3ccc(-n4ncn(Cc5c(F)cccc5F)c4=O)cc3)c2F)C1. The Bertz CT molecular complexity index is 1540. The smallest absolute Gasteiger partial charge is 0.350 e. The predicted molar refractivity (Wildman–Crippen MR) is 128 cm³/mol. The maximum Gasteiger partial charge on any atom is 0.350 e. The van der Waals surface area contributed by atoms with E-state index in [9.17, 15) is 18.8 Å². The fourth-order valence-corrected chi connectivity index (χ4v) is 4.20. The second kappa shape index (κ2) is 9.46. The minimum atomic E-state index is -0.753. The summed E-state index contributed by atoms with van der Waals surface area (Å²) in [6, 6.07) is 13.3. The van der Waals surface area contributed by atoms with Crippen molar-refractivity contribution in [2.75, 3.05) is 18.0 Å². The summed E-state index contributed by atoms with van der Waals surface area (Å²) in [6.07, 6.45) is 3.25. The van der Waals surface area contributed by atoms with E-state index in [4.69, 9.17) is 4.74 Å². The second-order valence-electron chi connectivity index (χ2n) is 9.04. The van der Waals surface area contributed by atoms with Gasteiger partial charge in [0.2, 0.25) is 5.82 Å². The van der Waals surface area contributed by atoms with E-state index in [-0.39, 0.29) is 23.7 Å². The lowest BCUT2D eigenvalue weighted by atomic mass is 9.92. The van der Waals surface area contributed by atoms with Crippen molar-refractivity contribution in [3.63, 3.8) is 0 Å². The summed E-state index contributed by atoms with van der Waals surface area (Å²) in [6.45, 7) is 2.40. The van der Waals surface area contributed by atoms with Crippen LogP contribution in [0.1, 0.15) is 18.9 Å². The van der Waals surface area contributed by atoms with Crippen LogP contribution in [0, 0.1) is 34.2 Å². The van der Waals surface area contributed by atoms with Gasteiger partial charge in [-0.25, -0.2) is 18.6 Å². The van der Waals surface area contributed by atoms with Crippen molar-refractivity contribution in [1.29, 1.82) is 5.26 Å². The Morgan fingerprint density at radius 1 is 1.11 bits per heavy atom. The van der Waals surface area contributed by atoms with Gasteiger partial charge in [0.25, 0.3) is 0 Å². The third kappa shape index (κ3) is 4.65. The maximum absolute atomic E-state index is 15.2. The van der Waals surface area contributed by atoms with E-state index in [1.54, 1.807) is 29.2 Å². The highest BCUT2D eigenvalue weighted by Gasteiger charge is 2.36. The van der Waals surface area contributed by atoms with Gasteiger partial charge in [0.05, 0.1) is 23.7 Å². The molecule has 0 bridgehead atoms. The van der Waals surface area contributed by atoms with Crippen molar-refractivity contribution in [1.82, 2.24) is 19.3 Å². The summed E-state index contributed by atoms with van der Waals surface area (Å²) in [4.78, 5) is 18.6. The van der Waals surface area contributed by atoms with Crippen LogP contribution in [0.4, 0.5) is 19.0 Å². The first-order valence-corrected chi connectivity index (χ1v) is 11.4. The van der Waals surface area contributed by atoms with Gasteiger partial charge in [0.1, 0.15) is 23.7 Å². The highest BCUT2D eigenvalue weighted by Crippen LogP contribution is 2.35. The fraction of sp³-hybridized carbons (Fsp3) is 0.231. The third-order valence-corrected chi connectivity index (χ3v) is 6.31. The fourth-order valence-electron chi connectivity index (χ4n) is 4.20. The third-order valence-electron chi connectivity index (χ3n) is 6.31. The summed E-state index contributed by atoms with van der Waals surface area (Å²) in [7, 11) is 0. The number of nitriles is 1. The minimum absolute atomic E-state index is 0.0309. The van der Waals surface area contributed by atoms with E-state index in [0.29, 0.717) is 30.9 Å². The zero-order valence-corrected chi connectivity index (χ0v) is 19.7. The van der Waals surface area contributed by atoms with E-state index < -0.39 is 28.6 Å². The molecule has 8 nitrogen and oxygen atoms in total. The Morgan fingerprint density at radius 3 is 2.51 bits per heavy atom. The number of benzene rings is 2. The molecule has 4 aromatic rings. The molecule has 0 radical (unpaired) electrons. The molecule has 0 N–H and O–H groups in total.